The lowest BCUT2D eigenvalue weighted by atomic mass is 9.81. The van der Waals surface area contributed by atoms with Crippen molar-refractivity contribution in [3.63, 3.8) is 0 Å². The van der Waals surface area contributed by atoms with E-state index in [0.29, 0.717) is 6.42 Å². The van der Waals surface area contributed by atoms with Gasteiger partial charge in [0.05, 0.1) is 26.2 Å². The molecule has 0 aliphatic heterocycles. The van der Waals surface area contributed by atoms with Gasteiger partial charge in [-0.25, -0.2) is 0 Å². The Morgan fingerprint density at radius 2 is 2.18 bits per heavy atom. The second-order valence-corrected chi connectivity index (χ2v) is 4.18. The molecule has 1 aliphatic rings. The average Bonchev–Trinajstić information content (AvgIpc) is 2.38. The molecule has 0 heterocycles. The van der Waals surface area contributed by atoms with Crippen LogP contribution in [-0.2, 0) is 16.0 Å². The standard InChI is InChI=1S/C13H16O4/c1-16-9-4-6-10-8(7-9)3-5-11(12(10)14)13(15)17-2/h4,6-7,11-12,14H,3,5H2,1-2H3. The summed E-state index contributed by atoms with van der Waals surface area (Å²) in [5, 5.41) is 10.1. The van der Waals surface area contributed by atoms with Gasteiger partial charge in [-0.15, -0.1) is 0 Å². The van der Waals surface area contributed by atoms with Crippen LogP contribution in [-0.4, -0.2) is 25.3 Å². The van der Waals surface area contributed by atoms with Crippen LogP contribution >= 0.6 is 0 Å². The fourth-order valence-electron chi connectivity index (χ4n) is 2.30. The number of carbonyl (C=O) groups is 1. The van der Waals surface area contributed by atoms with Crippen molar-refractivity contribution in [1.29, 1.82) is 0 Å². The summed E-state index contributed by atoms with van der Waals surface area (Å²) in [5.74, 6) is -0.0349. The smallest absolute Gasteiger partial charge is 0.311 e. The first kappa shape index (κ1) is 11.9. The van der Waals surface area contributed by atoms with Crippen molar-refractivity contribution in [3.05, 3.63) is 29.3 Å². The van der Waals surface area contributed by atoms with E-state index in [1.165, 1.54) is 7.11 Å². The van der Waals surface area contributed by atoms with Gasteiger partial charge in [-0.2, -0.15) is 0 Å². The van der Waals surface area contributed by atoms with E-state index < -0.39 is 12.0 Å². The summed E-state index contributed by atoms with van der Waals surface area (Å²) in [6.07, 6.45) is 0.578. The molecule has 1 aromatic carbocycles. The molecule has 0 saturated carbocycles. The van der Waals surface area contributed by atoms with Gasteiger partial charge in [-0.3, -0.25) is 4.79 Å². The van der Waals surface area contributed by atoms with Crippen LogP contribution in [0.1, 0.15) is 23.7 Å². The zero-order valence-corrected chi connectivity index (χ0v) is 9.97. The van der Waals surface area contributed by atoms with Crippen molar-refractivity contribution in [3.8, 4) is 5.75 Å². The van der Waals surface area contributed by atoms with Crippen molar-refractivity contribution in [2.75, 3.05) is 14.2 Å². The topological polar surface area (TPSA) is 55.8 Å². The molecule has 4 nitrogen and oxygen atoms in total. The van der Waals surface area contributed by atoms with Gasteiger partial charge < -0.3 is 14.6 Å². The molecule has 2 unspecified atom stereocenters. The predicted molar refractivity (Wildman–Crippen MR) is 61.8 cm³/mol. The minimum atomic E-state index is -0.780. The van der Waals surface area contributed by atoms with Crippen molar-refractivity contribution < 1.29 is 19.4 Å². The Labute approximate surface area is 100 Å². The highest BCUT2D eigenvalue weighted by atomic mass is 16.5. The number of benzene rings is 1. The molecule has 1 aliphatic carbocycles. The summed E-state index contributed by atoms with van der Waals surface area (Å²) in [7, 11) is 2.96. The van der Waals surface area contributed by atoms with Crippen molar-refractivity contribution in [1.82, 2.24) is 0 Å². The lowest BCUT2D eigenvalue weighted by Gasteiger charge is -2.28. The molecule has 1 aromatic rings. The maximum Gasteiger partial charge on any atom is 0.311 e. The molecule has 0 bridgehead atoms. The first-order chi connectivity index (χ1) is 8.17. The van der Waals surface area contributed by atoms with E-state index >= 15 is 0 Å². The number of aliphatic hydroxyl groups excluding tert-OH is 1. The lowest BCUT2D eigenvalue weighted by Crippen LogP contribution is -2.28. The number of aryl methyl sites for hydroxylation is 1. The number of methoxy groups -OCH3 is 2. The Hall–Kier alpha value is -1.55. The third-order valence-corrected chi connectivity index (χ3v) is 3.28. The third-order valence-electron chi connectivity index (χ3n) is 3.28. The quantitative estimate of drug-likeness (QED) is 0.790. The molecule has 2 atom stereocenters. The van der Waals surface area contributed by atoms with Gasteiger partial charge in [0.1, 0.15) is 5.75 Å². The molecule has 0 spiro atoms. The highest BCUT2D eigenvalue weighted by molar-refractivity contribution is 5.74. The third kappa shape index (κ3) is 2.13. The van der Waals surface area contributed by atoms with E-state index in [9.17, 15) is 9.90 Å². The second kappa shape index (κ2) is 4.75. The summed E-state index contributed by atoms with van der Waals surface area (Å²) >= 11 is 0. The molecule has 0 aromatic heterocycles. The van der Waals surface area contributed by atoms with Gasteiger partial charge >= 0.3 is 5.97 Å². The van der Waals surface area contributed by atoms with Gasteiger partial charge in [0, 0.05) is 0 Å². The molecule has 17 heavy (non-hydrogen) atoms. The first-order valence-corrected chi connectivity index (χ1v) is 5.60. The molecule has 4 heteroatoms. The van der Waals surface area contributed by atoms with Crippen LogP contribution in [0, 0.1) is 5.92 Å². The van der Waals surface area contributed by atoms with E-state index in [2.05, 4.69) is 0 Å². The maximum atomic E-state index is 11.5. The Kier molecular flexibility index (Phi) is 3.33. The van der Waals surface area contributed by atoms with Gasteiger partial charge in [0.2, 0.25) is 0 Å². The fourth-order valence-corrected chi connectivity index (χ4v) is 2.30. The van der Waals surface area contributed by atoms with Crippen LogP contribution in [0.5, 0.6) is 5.75 Å². The Morgan fingerprint density at radius 3 is 2.82 bits per heavy atom. The summed E-state index contributed by atoms with van der Waals surface area (Å²) in [4.78, 5) is 11.5. The Bertz CT molecular complexity index is 427. The summed E-state index contributed by atoms with van der Waals surface area (Å²) in [5.41, 5.74) is 1.84. The SMILES string of the molecule is COC(=O)C1CCc2cc(OC)ccc2C1O. The second-order valence-electron chi connectivity index (χ2n) is 4.18. The largest absolute Gasteiger partial charge is 0.497 e. The number of esters is 1. The van der Waals surface area contributed by atoms with Crippen molar-refractivity contribution in [2.45, 2.75) is 18.9 Å². The molecular formula is C13H16O4. The lowest BCUT2D eigenvalue weighted by molar-refractivity contribution is -0.150. The van der Waals surface area contributed by atoms with E-state index in [1.54, 1.807) is 13.2 Å². The van der Waals surface area contributed by atoms with E-state index in [1.807, 2.05) is 12.1 Å². The molecular weight excluding hydrogens is 220 g/mol. The van der Waals surface area contributed by atoms with Crippen LogP contribution in [0.15, 0.2) is 18.2 Å². The maximum absolute atomic E-state index is 11.5. The number of rotatable bonds is 2. The van der Waals surface area contributed by atoms with E-state index in [0.717, 1.165) is 23.3 Å². The molecule has 0 radical (unpaired) electrons. The summed E-state index contributed by atoms with van der Waals surface area (Å²) in [6, 6.07) is 5.52. The molecule has 2 rings (SSSR count). The number of hydrogen-bond donors (Lipinski definition) is 1. The number of ether oxygens (including phenoxy) is 2. The minimum Gasteiger partial charge on any atom is -0.497 e. The van der Waals surface area contributed by atoms with Crippen LogP contribution < -0.4 is 4.74 Å². The van der Waals surface area contributed by atoms with Gasteiger partial charge in [-0.05, 0) is 36.1 Å². The minimum absolute atomic E-state index is 0.348. The summed E-state index contributed by atoms with van der Waals surface area (Å²) < 4.78 is 9.83. The van der Waals surface area contributed by atoms with Crippen LogP contribution in [0.2, 0.25) is 0 Å². The van der Waals surface area contributed by atoms with Gasteiger partial charge in [0.15, 0.2) is 0 Å². The molecule has 0 fully saturated rings. The van der Waals surface area contributed by atoms with E-state index in [4.69, 9.17) is 9.47 Å². The molecule has 0 amide bonds. The number of hydrogen-bond acceptors (Lipinski definition) is 4. The fraction of sp³-hybridized carbons (Fsp3) is 0.462. The normalized spacial score (nSPS) is 22.8. The zero-order chi connectivity index (χ0) is 12.4. The van der Waals surface area contributed by atoms with Crippen LogP contribution in [0.4, 0.5) is 0 Å². The predicted octanol–water partition coefficient (Wildman–Crippen LogP) is 1.46. The monoisotopic (exact) mass is 236 g/mol. The van der Waals surface area contributed by atoms with Crippen LogP contribution in [0.3, 0.4) is 0 Å². The van der Waals surface area contributed by atoms with Gasteiger partial charge in [0.25, 0.3) is 0 Å². The molecule has 0 saturated heterocycles. The number of aliphatic hydroxyl groups is 1. The highest BCUT2D eigenvalue weighted by Crippen LogP contribution is 2.36. The van der Waals surface area contributed by atoms with Gasteiger partial charge in [-0.1, -0.05) is 6.07 Å². The highest BCUT2D eigenvalue weighted by Gasteiger charge is 2.33. The Morgan fingerprint density at radius 1 is 1.41 bits per heavy atom. The molecule has 92 valence electrons. The molecule has 1 N–H and O–H groups in total. The first-order valence-electron chi connectivity index (χ1n) is 5.60. The number of fused-ring (bicyclic) bond motifs is 1. The Balaban J connectivity index is 2.30. The average molecular weight is 236 g/mol. The van der Waals surface area contributed by atoms with Crippen molar-refractivity contribution >= 4 is 5.97 Å². The summed E-state index contributed by atoms with van der Waals surface area (Å²) in [6.45, 7) is 0. The van der Waals surface area contributed by atoms with Crippen LogP contribution in [0.25, 0.3) is 0 Å². The van der Waals surface area contributed by atoms with Crippen molar-refractivity contribution in [2.24, 2.45) is 5.92 Å². The zero-order valence-electron chi connectivity index (χ0n) is 9.97. The van der Waals surface area contributed by atoms with E-state index in [-0.39, 0.29) is 5.97 Å². The number of carbonyl (C=O) groups excluding carboxylic acids is 1.